The molecular weight excluding hydrogens is 244 g/mol. The summed E-state index contributed by atoms with van der Waals surface area (Å²) in [6, 6.07) is 1.48. The van der Waals surface area contributed by atoms with E-state index in [0.29, 0.717) is 4.90 Å². The first-order chi connectivity index (χ1) is 8.13. The van der Waals surface area contributed by atoms with Crippen LogP contribution in [0, 0.1) is 0 Å². The molecule has 0 aliphatic carbocycles. The lowest BCUT2D eigenvalue weighted by atomic mass is 10.4. The highest BCUT2D eigenvalue weighted by molar-refractivity contribution is 7.98. The van der Waals surface area contributed by atoms with E-state index in [4.69, 9.17) is 13.9 Å². The maximum absolute atomic E-state index is 11.5. The highest BCUT2D eigenvalue weighted by atomic mass is 32.2. The van der Waals surface area contributed by atoms with Crippen LogP contribution in [-0.2, 0) is 9.47 Å². The molecule has 0 radical (unpaired) electrons. The van der Waals surface area contributed by atoms with Crippen LogP contribution in [0.3, 0.4) is 0 Å². The van der Waals surface area contributed by atoms with Crippen molar-refractivity contribution in [2.75, 3.05) is 19.5 Å². The predicted octanol–water partition coefficient (Wildman–Crippen LogP) is 2.35. The van der Waals surface area contributed by atoms with Crippen molar-refractivity contribution >= 4 is 23.7 Å². The Kier molecular flexibility index (Phi) is 5.09. The van der Waals surface area contributed by atoms with Gasteiger partial charge in [0.15, 0.2) is 0 Å². The van der Waals surface area contributed by atoms with E-state index in [9.17, 15) is 9.59 Å². The fourth-order valence-corrected chi connectivity index (χ4v) is 1.70. The molecule has 0 aromatic carbocycles. The third-order valence-corrected chi connectivity index (χ3v) is 2.60. The molecule has 0 unspecified atom stereocenters. The number of esters is 2. The molecule has 0 saturated heterocycles. The Hall–Kier alpha value is -1.43. The quantitative estimate of drug-likeness (QED) is 0.596. The lowest BCUT2D eigenvalue weighted by molar-refractivity contribution is 0.0453. The topological polar surface area (TPSA) is 65.7 Å². The summed E-state index contributed by atoms with van der Waals surface area (Å²) in [7, 11) is 0. The molecule has 5 nitrogen and oxygen atoms in total. The summed E-state index contributed by atoms with van der Waals surface area (Å²) in [4.78, 5) is 23.5. The monoisotopic (exact) mass is 258 g/mol. The van der Waals surface area contributed by atoms with E-state index in [-0.39, 0.29) is 24.7 Å². The fourth-order valence-electron chi connectivity index (χ4n) is 1.17. The van der Waals surface area contributed by atoms with Crippen molar-refractivity contribution in [1.29, 1.82) is 0 Å². The van der Waals surface area contributed by atoms with Gasteiger partial charge in [0.05, 0.1) is 18.1 Å². The summed E-state index contributed by atoms with van der Waals surface area (Å²) in [5, 5.41) is 0. The van der Waals surface area contributed by atoms with Crippen LogP contribution in [0.5, 0.6) is 0 Å². The van der Waals surface area contributed by atoms with Crippen molar-refractivity contribution in [2.45, 2.75) is 18.7 Å². The Bertz CT molecular complexity index is 410. The second kappa shape index (κ2) is 6.34. The summed E-state index contributed by atoms with van der Waals surface area (Å²) >= 11 is 1.30. The van der Waals surface area contributed by atoms with Crippen molar-refractivity contribution in [2.24, 2.45) is 0 Å². The van der Waals surface area contributed by atoms with Gasteiger partial charge in [0.1, 0.15) is 0 Å². The molecule has 0 N–H and O–H groups in total. The number of carbonyl (C=O) groups excluding carboxylic acids is 2. The minimum Gasteiger partial charge on any atom is -0.460 e. The Morgan fingerprint density at radius 1 is 1.24 bits per heavy atom. The number of furan rings is 1. The molecule has 17 heavy (non-hydrogen) atoms. The van der Waals surface area contributed by atoms with Crippen molar-refractivity contribution < 1.29 is 23.5 Å². The standard InChI is InChI=1S/C11H14O5S/c1-4-14-10(12)7-6-8(17-3)9(16-7)11(13)15-5-2/h6H,4-5H2,1-3H3. The molecule has 1 rings (SSSR count). The third-order valence-electron chi connectivity index (χ3n) is 1.86. The Morgan fingerprint density at radius 2 is 1.82 bits per heavy atom. The largest absolute Gasteiger partial charge is 0.460 e. The Balaban J connectivity index is 2.98. The third kappa shape index (κ3) is 3.26. The van der Waals surface area contributed by atoms with Gasteiger partial charge in [-0.05, 0) is 20.1 Å². The molecule has 0 fully saturated rings. The first-order valence-corrected chi connectivity index (χ1v) is 6.38. The van der Waals surface area contributed by atoms with Crippen molar-refractivity contribution in [3.63, 3.8) is 0 Å². The zero-order valence-corrected chi connectivity index (χ0v) is 10.8. The van der Waals surface area contributed by atoms with Crippen LogP contribution in [0.2, 0.25) is 0 Å². The molecule has 0 atom stereocenters. The molecule has 1 aromatic rings. The van der Waals surface area contributed by atoms with E-state index < -0.39 is 11.9 Å². The van der Waals surface area contributed by atoms with Crippen LogP contribution in [0.4, 0.5) is 0 Å². The average molecular weight is 258 g/mol. The molecular formula is C11H14O5S. The minimum atomic E-state index is -0.585. The van der Waals surface area contributed by atoms with Gasteiger partial charge in [-0.1, -0.05) is 0 Å². The molecule has 0 spiro atoms. The Labute approximate surface area is 103 Å². The van der Waals surface area contributed by atoms with E-state index in [1.165, 1.54) is 17.8 Å². The summed E-state index contributed by atoms with van der Waals surface area (Å²) < 4.78 is 14.8. The molecule has 1 aromatic heterocycles. The van der Waals surface area contributed by atoms with Crippen molar-refractivity contribution in [3.8, 4) is 0 Å². The maximum atomic E-state index is 11.5. The highest BCUT2D eigenvalue weighted by Crippen LogP contribution is 2.25. The SMILES string of the molecule is CCOC(=O)c1cc(SC)c(C(=O)OCC)o1. The predicted molar refractivity (Wildman–Crippen MR) is 62.4 cm³/mol. The number of carbonyl (C=O) groups is 2. The van der Waals surface area contributed by atoms with Gasteiger partial charge in [0.25, 0.3) is 0 Å². The molecule has 0 aliphatic rings. The van der Waals surface area contributed by atoms with Gasteiger partial charge in [-0.2, -0.15) is 0 Å². The number of ether oxygens (including phenoxy) is 2. The number of rotatable bonds is 5. The molecule has 94 valence electrons. The van der Waals surface area contributed by atoms with Crippen LogP contribution >= 0.6 is 11.8 Å². The summed E-state index contributed by atoms with van der Waals surface area (Å²) in [6.07, 6.45) is 1.78. The van der Waals surface area contributed by atoms with E-state index in [0.717, 1.165) is 0 Å². The molecule has 1 heterocycles. The van der Waals surface area contributed by atoms with Gasteiger partial charge in [0, 0.05) is 6.07 Å². The number of thioether (sulfide) groups is 1. The number of hydrogen-bond acceptors (Lipinski definition) is 6. The zero-order valence-electron chi connectivity index (χ0n) is 9.94. The van der Waals surface area contributed by atoms with Gasteiger partial charge >= 0.3 is 11.9 Å². The summed E-state index contributed by atoms with van der Waals surface area (Å²) in [6.45, 7) is 3.90. The molecule has 0 aliphatic heterocycles. The second-order valence-corrected chi connectivity index (χ2v) is 3.80. The second-order valence-electron chi connectivity index (χ2n) is 2.95. The van der Waals surface area contributed by atoms with Crippen LogP contribution in [-0.4, -0.2) is 31.4 Å². The van der Waals surface area contributed by atoms with E-state index in [2.05, 4.69) is 0 Å². The summed E-state index contributed by atoms with van der Waals surface area (Å²) in [5.41, 5.74) is 0. The smallest absolute Gasteiger partial charge is 0.375 e. The lowest BCUT2D eigenvalue weighted by Gasteiger charge is -1.99. The van der Waals surface area contributed by atoms with Crippen molar-refractivity contribution in [3.05, 3.63) is 17.6 Å². The Morgan fingerprint density at radius 3 is 2.35 bits per heavy atom. The van der Waals surface area contributed by atoms with E-state index >= 15 is 0 Å². The van der Waals surface area contributed by atoms with Gasteiger partial charge in [-0.15, -0.1) is 11.8 Å². The van der Waals surface area contributed by atoms with E-state index in [1.54, 1.807) is 20.1 Å². The van der Waals surface area contributed by atoms with Crippen LogP contribution in [0.15, 0.2) is 15.4 Å². The van der Waals surface area contributed by atoms with Crippen molar-refractivity contribution in [1.82, 2.24) is 0 Å². The molecule has 0 bridgehead atoms. The lowest BCUT2D eigenvalue weighted by Crippen LogP contribution is -2.05. The minimum absolute atomic E-state index is 0.0132. The van der Waals surface area contributed by atoms with Crippen LogP contribution < -0.4 is 0 Å². The highest BCUT2D eigenvalue weighted by Gasteiger charge is 2.22. The van der Waals surface area contributed by atoms with Gasteiger partial charge in [-0.3, -0.25) is 0 Å². The maximum Gasteiger partial charge on any atom is 0.375 e. The van der Waals surface area contributed by atoms with Gasteiger partial charge in [0.2, 0.25) is 11.5 Å². The average Bonchev–Trinajstić information content (AvgIpc) is 2.73. The van der Waals surface area contributed by atoms with E-state index in [1.807, 2.05) is 0 Å². The zero-order chi connectivity index (χ0) is 12.8. The first kappa shape index (κ1) is 13.6. The van der Waals surface area contributed by atoms with Gasteiger partial charge in [-0.25, -0.2) is 9.59 Å². The molecule has 6 heteroatoms. The first-order valence-electron chi connectivity index (χ1n) is 5.16. The number of hydrogen-bond donors (Lipinski definition) is 0. The normalized spacial score (nSPS) is 10.1. The summed E-state index contributed by atoms with van der Waals surface area (Å²) in [5.74, 6) is -1.10. The van der Waals surface area contributed by atoms with Gasteiger partial charge < -0.3 is 13.9 Å². The van der Waals surface area contributed by atoms with Crippen LogP contribution in [0.1, 0.15) is 35.0 Å². The molecule has 0 saturated carbocycles. The molecule has 0 amide bonds. The fraction of sp³-hybridized carbons (Fsp3) is 0.455. The van der Waals surface area contributed by atoms with Crippen LogP contribution in [0.25, 0.3) is 0 Å².